The molecule has 0 radical (unpaired) electrons. The molecule has 1 aromatic carbocycles. The summed E-state index contributed by atoms with van der Waals surface area (Å²) in [4.78, 5) is 4.61. The maximum absolute atomic E-state index is 4.61. The summed E-state index contributed by atoms with van der Waals surface area (Å²) in [6.45, 7) is 6.52. The molecule has 0 amide bonds. The van der Waals surface area contributed by atoms with Crippen molar-refractivity contribution in [3.05, 3.63) is 58.4 Å². The molecule has 2 aromatic rings. The molecule has 1 unspecified atom stereocenters. The molecule has 2 nitrogen and oxygen atoms in total. The third-order valence-electron chi connectivity index (χ3n) is 4.19. The zero-order chi connectivity index (χ0) is 14.1. The minimum absolute atomic E-state index is 0.347. The lowest BCUT2D eigenvalue weighted by molar-refractivity contribution is 0.583. The van der Waals surface area contributed by atoms with Gasteiger partial charge in [-0.3, -0.25) is 4.98 Å². The third kappa shape index (κ3) is 2.43. The van der Waals surface area contributed by atoms with Crippen LogP contribution in [0.4, 0.5) is 5.69 Å². The number of pyridine rings is 1. The Morgan fingerprint density at radius 1 is 1.15 bits per heavy atom. The monoisotopic (exact) mass is 266 g/mol. The summed E-state index contributed by atoms with van der Waals surface area (Å²) in [6.07, 6.45) is 5.47. The largest absolute Gasteiger partial charge is 0.376 e. The van der Waals surface area contributed by atoms with E-state index in [0.717, 1.165) is 12.8 Å². The molecule has 0 bridgehead atoms. The van der Waals surface area contributed by atoms with Crippen LogP contribution in [0.15, 0.2) is 30.5 Å². The van der Waals surface area contributed by atoms with Gasteiger partial charge in [-0.2, -0.15) is 0 Å². The summed E-state index contributed by atoms with van der Waals surface area (Å²) in [6, 6.07) is 9.10. The van der Waals surface area contributed by atoms with Crippen molar-refractivity contribution in [3.63, 3.8) is 0 Å². The van der Waals surface area contributed by atoms with Crippen LogP contribution in [0.2, 0.25) is 0 Å². The van der Waals surface area contributed by atoms with Gasteiger partial charge in [-0.1, -0.05) is 23.8 Å². The lowest BCUT2D eigenvalue weighted by Crippen LogP contribution is -2.19. The molecule has 0 saturated heterocycles. The molecule has 0 spiro atoms. The second-order valence-electron chi connectivity index (χ2n) is 5.91. The van der Waals surface area contributed by atoms with Crippen LogP contribution in [-0.2, 0) is 6.42 Å². The molecular weight excluding hydrogens is 244 g/mol. The van der Waals surface area contributed by atoms with E-state index in [0.29, 0.717) is 6.04 Å². The van der Waals surface area contributed by atoms with E-state index in [1.807, 2.05) is 12.3 Å². The van der Waals surface area contributed by atoms with Crippen LogP contribution in [0.25, 0.3) is 0 Å². The zero-order valence-electron chi connectivity index (χ0n) is 12.5. The Labute approximate surface area is 121 Å². The number of benzene rings is 1. The molecule has 1 atom stereocenters. The van der Waals surface area contributed by atoms with Gasteiger partial charge in [0.1, 0.15) is 0 Å². The van der Waals surface area contributed by atoms with Crippen molar-refractivity contribution in [1.29, 1.82) is 0 Å². The van der Waals surface area contributed by atoms with Crippen LogP contribution >= 0.6 is 0 Å². The highest BCUT2D eigenvalue weighted by molar-refractivity contribution is 5.59. The number of hydrogen-bond acceptors (Lipinski definition) is 2. The number of rotatable bonds is 2. The molecular formula is C18H22N2. The molecule has 1 aliphatic carbocycles. The summed E-state index contributed by atoms with van der Waals surface area (Å²) in [7, 11) is 0. The maximum Gasteiger partial charge on any atom is 0.0688 e. The highest BCUT2D eigenvalue weighted by Gasteiger charge is 2.22. The van der Waals surface area contributed by atoms with E-state index < -0.39 is 0 Å². The number of aromatic nitrogens is 1. The number of nitrogens with zero attached hydrogens (tertiary/aromatic N) is 1. The zero-order valence-corrected chi connectivity index (χ0v) is 12.5. The first-order valence-corrected chi connectivity index (χ1v) is 7.43. The van der Waals surface area contributed by atoms with Gasteiger partial charge in [0.15, 0.2) is 0 Å². The average Bonchev–Trinajstić information content (AvgIpc) is 2.43. The number of fused-ring (bicyclic) bond motifs is 1. The lowest BCUT2D eigenvalue weighted by atomic mass is 9.91. The normalized spacial score (nSPS) is 17.6. The van der Waals surface area contributed by atoms with Crippen LogP contribution in [0, 0.1) is 20.8 Å². The quantitative estimate of drug-likeness (QED) is 0.866. The second-order valence-corrected chi connectivity index (χ2v) is 5.91. The summed E-state index contributed by atoms with van der Waals surface area (Å²) in [5.74, 6) is 0. The predicted octanol–water partition coefficient (Wildman–Crippen LogP) is 4.50. The molecule has 3 rings (SSSR count). The second kappa shape index (κ2) is 5.28. The number of nitrogens with one attached hydrogen (secondary N) is 1. The van der Waals surface area contributed by atoms with Gasteiger partial charge in [-0.25, -0.2) is 0 Å². The van der Waals surface area contributed by atoms with Gasteiger partial charge < -0.3 is 5.32 Å². The Hall–Kier alpha value is -1.83. The number of aryl methyl sites for hydroxylation is 4. The van der Waals surface area contributed by atoms with Gasteiger partial charge in [-0.05, 0) is 62.8 Å². The smallest absolute Gasteiger partial charge is 0.0688 e. The molecule has 0 saturated carbocycles. The Bertz CT molecular complexity index is 608. The van der Waals surface area contributed by atoms with Gasteiger partial charge in [0, 0.05) is 11.9 Å². The molecule has 20 heavy (non-hydrogen) atoms. The standard InChI is InChI=1S/C18H22N2/c1-12-10-13(2)17(14(3)11-12)20-16-8-4-6-15-7-5-9-19-18(15)16/h5,7,9-11,16,20H,4,6,8H2,1-3H3. The van der Waals surface area contributed by atoms with Crippen LogP contribution in [0.3, 0.4) is 0 Å². The fourth-order valence-electron chi connectivity index (χ4n) is 3.33. The van der Waals surface area contributed by atoms with Crippen molar-refractivity contribution in [1.82, 2.24) is 4.98 Å². The molecule has 1 heterocycles. The van der Waals surface area contributed by atoms with E-state index in [9.17, 15) is 0 Å². The maximum atomic E-state index is 4.61. The van der Waals surface area contributed by atoms with Crippen molar-refractivity contribution in [2.75, 3.05) is 5.32 Å². The predicted molar refractivity (Wildman–Crippen MR) is 84.2 cm³/mol. The van der Waals surface area contributed by atoms with Gasteiger partial charge in [-0.15, -0.1) is 0 Å². The van der Waals surface area contributed by atoms with Crippen molar-refractivity contribution in [2.45, 2.75) is 46.1 Å². The molecule has 2 heteroatoms. The lowest BCUT2D eigenvalue weighted by Gasteiger charge is -2.27. The first kappa shape index (κ1) is 13.2. The van der Waals surface area contributed by atoms with E-state index in [4.69, 9.17) is 0 Å². The Balaban J connectivity index is 1.94. The van der Waals surface area contributed by atoms with Gasteiger partial charge in [0.2, 0.25) is 0 Å². The van der Waals surface area contributed by atoms with Crippen LogP contribution < -0.4 is 5.32 Å². The van der Waals surface area contributed by atoms with E-state index in [-0.39, 0.29) is 0 Å². The SMILES string of the molecule is Cc1cc(C)c(NC2CCCc3cccnc32)c(C)c1. The highest BCUT2D eigenvalue weighted by atomic mass is 15.0. The topological polar surface area (TPSA) is 24.9 Å². The molecule has 0 fully saturated rings. The number of anilines is 1. The van der Waals surface area contributed by atoms with Crippen molar-refractivity contribution < 1.29 is 0 Å². The van der Waals surface area contributed by atoms with Gasteiger partial charge in [0.05, 0.1) is 11.7 Å². The van der Waals surface area contributed by atoms with Crippen molar-refractivity contribution in [2.24, 2.45) is 0 Å². The molecule has 0 aliphatic heterocycles. The summed E-state index contributed by atoms with van der Waals surface area (Å²) >= 11 is 0. The van der Waals surface area contributed by atoms with Crippen LogP contribution in [0.1, 0.15) is 46.8 Å². The Kier molecular flexibility index (Phi) is 3.47. The van der Waals surface area contributed by atoms with Gasteiger partial charge >= 0.3 is 0 Å². The summed E-state index contributed by atoms with van der Waals surface area (Å²) in [5.41, 5.74) is 7.89. The fraction of sp³-hybridized carbons (Fsp3) is 0.389. The fourth-order valence-corrected chi connectivity index (χ4v) is 3.33. The first-order chi connectivity index (χ1) is 9.65. The van der Waals surface area contributed by atoms with Crippen LogP contribution in [0.5, 0.6) is 0 Å². The first-order valence-electron chi connectivity index (χ1n) is 7.43. The summed E-state index contributed by atoms with van der Waals surface area (Å²) < 4.78 is 0. The van der Waals surface area contributed by atoms with E-state index in [1.165, 1.54) is 40.1 Å². The molecule has 1 aromatic heterocycles. The molecule has 1 N–H and O–H groups in total. The Morgan fingerprint density at radius 2 is 1.90 bits per heavy atom. The average molecular weight is 266 g/mol. The van der Waals surface area contributed by atoms with E-state index >= 15 is 0 Å². The number of hydrogen-bond donors (Lipinski definition) is 1. The van der Waals surface area contributed by atoms with Crippen molar-refractivity contribution in [3.8, 4) is 0 Å². The Morgan fingerprint density at radius 3 is 2.65 bits per heavy atom. The minimum atomic E-state index is 0.347. The van der Waals surface area contributed by atoms with Crippen molar-refractivity contribution >= 4 is 5.69 Å². The minimum Gasteiger partial charge on any atom is -0.376 e. The molecule has 104 valence electrons. The van der Waals surface area contributed by atoms with Crippen LogP contribution in [-0.4, -0.2) is 4.98 Å². The third-order valence-corrected chi connectivity index (χ3v) is 4.19. The van der Waals surface area contributed by atoms with E-state index in [2.05, 4.69) is 49.3 Å². The highest BCUT2D eigenvalue weighted by Crippen LogP contribution is 2.33. The molecule has 1 aliphatic rings. The van der Waals surface area contributed by atoms with Gasteiger partial charge in [0.25, 0.3) is 0 Å². The summed E-state index contributed by atoms with van der Waals surface area (Å²) in [5, 5.41) is 3.74. The van der Waals surface area contributed by atoms with E-state index in [1.54, 1.807) is 0 Å².